The van der Waals surface area contributed by atoms with E-state index in [1.165, 1.54) is 25.7 Å². The molecule has 1 aliphatic carbocycles. The number of hydrogen-bond donors (Lipinski definition) is 1. The average molecular weight is 251 g/mol. The van der Waals surface area contributed by atoms with Crippen molar-refractivity contribution in [2.24, 2.45) is 22.7 Å². The van der Waals surface area contributed by atoms with E-state index in [0.29, 0.717) is 6.04 Å². The van der Waals surface area contributed by atoms with Gasteiger partial charge in [0, 0.05) is 26.2 Å². The molecule has 104 valence electrons. The van der Waals surface area contributed by atoms with Crippen LogP contribution in [-0.2, 0) is 0 Å². The van der Waals surface area contributed by atoms with Crippen molar-refractivity contribution < 1.29 is 0 Å². The van der Waals surface area contributed by atoms with Crippen LogP contribution in [0.15, 0.2) is 4.99 Å². The number of nitrogens with one attached hydrogen (secondary N) is 1. The van der Waals surface area contributed by atoms with Gasteiger partial charge in [-0.05, 0) is 37.0 Å². The highest BCUT2D eigenvalue weighted by Crippen LogP contribution is 2.34. The zero-order chi connectivity index (χ0) is 13.1. The lowest BCUT2D eigenvalue weighted by atomic mass is 9.92. The van der Waals surface area contributed by atoms with Gasteiger partial charge >= 0.3 is 0 Å². The Labute approximate surface area is 112 Å². The lowest BCUT2D eigenvalue weighted by molar-refractivity contribution is 0.208. The van der Waals surface area contributed by atoms with Gasteiger partial charge in [0.15, 0.2) is 5.96 Å². The molecule has 3 heteroatoms. The Morgan fingerprint density at radius 3 is 2.44 bits per heavy atom. The van der Waals surface area contributed by atoms with Crippen molar-refractivity contribution >= 4 is 5.96 Å². The van der Waals surface area contributed by atoms with E-state index in [4.69, 9.17) is 0 Å². The summed E-state index contributed by atoms with van der Waals surface area (Å²) < 4.78 is 0. The fourth-order valence-corrected chi connectivity index (χ4v) is 3.41. The highest BCUT2D eigenvalue weighted by atomic mass is 15.3. The third kappa shape index (κ3) is 3.39. The molecule has 1 saturated heterocycles. The fraction of sp³-hybridized carbons (Fsp3) is 0.933. The van der Waals surface area contributed by atoms with E-state index >= 15 is 0 Å². The Bertz CT molecular complexity index is 290. The Balaban J connectivity index is 1.85. The van der Waals surface area contributed by atoms with Crippen molar-refractivity contribution in [1.29, 1.82) is 0 Å². The van der Waals surface area contributed by atoms with Crippen LogP contribution in [0.4, 0.5) is 0 Å². The molecule has 2 aliphatic rings. The quantitative estimate of drug-likeness (QED) is 0.617. The van der Waals surface area contributed by atoms with Crippen LogP contribution in [0, 0.1) is 17.8 Å². The maximum atomic E-state index is 4.49. The third-order valence-electron chi connectivity index (χ3n) is 4.28. The number of rotatable bonds is 3. The number of hydrogen-bond acceptors (Lipinski definition) is 1. The maximum absolute atomic E-state index is 4.49. The number of likely N-dealkylation sites (tertiary alicyclic amines) is 1. The summed E-state index contributed by atoms with van der Waals surface area (Å²) in [6.45, 7) is 9.31. The summed E-state index contributed by atoms with van der Waals surface area (Å²) in [7, 11) is 1.92. The van der Waals surface area contributed by atoms with E-state index in [1.54, 1.807) is 0 Å². The summed E-state index contributed by atoms with van der Waals surface area (Å²) in [6, 6.07) is 0.691. The topological polar surface area (TPSA) is 27.6 Å². The minimum absolute atomic E-state index is 0.691. The lowest BCUT2D eigenvalue weighted by Gasteiger charge is -2.37. The molecule has 0 bridgehead atoms. The van der Waals surface area contributed by atoms with Gasteiger partial charge in [-0.15, -0.1) is 0 Å². The Hall–Kier alpha value is -0.730. The predicted octanol–water partition coefficient (Wildman–Crippen LogP) is 2.73. The molecule has 1 saturated carbocycles. The minimum atomic E-state index is 0.691. The van der Waals surface area contributed by atoms with Gasteiger partial charge in [0.2, 0.25) is 0 Å². The standard InChI is InChI=1S/C15H29N3/c1-5-6-13-8-14(13)17-15(16-4)18-9-11(2)7-12(3)10-18/h11-14H,5-10H2,1-4H3,(H,16,17). The van der Waals surface area contributed by atoms with Gasteiger partial charge in [0.05, 0.1) is 0 Å². The van der Waals surface area contributed by atoms with Gasteiger partial charge in [-0.1, -0.05) is 27.2 Å². The summed E-state index contributed by atoms with van der Waals surface area (Å²) in [5.74, 6) is 3.61. The molecule has 1 aliphatic heterocycles. The fourth-order valence-electron chi connectivity index (χ4n) is 3.41. The minimum Gasteiger partial charge on any atom is -0.353 e. The van der Waals surface area contributed by atoms with E-state index in [0.717, 1.165) is 36.8 Å². The van der Waals surface area contributed by atoms with Crippen LogP contribution in [0.25, 0.3) is 0 Å². The molecule has 0 aromatic carbocycles. The number of piperidine rings is 1. The maximum Gasteiger partial charge on any atom is 0.193 e. The zero-order valence-corrected chi connectivity index (χ0v) is 12.4. The highest BCUT2D eigenvalue weighted by Gasteiger charge is 2.37. The van der Waals surface area contributed by atoms with Crippen LogP contribution in [0.1, 0.15) is 46.5 Å². The molecule has 0 radical (unpaired) electrons. The van der Waals surface area contributed by atoms with Crippen molar-refractivity contribution in [3.05, 3.63) is 0 Å². The summed E-state index contributed by atoms with van der Waals surface area (Å²) in [5.41, 5.74) is 0. The Morgan fingerprint density at radius 2 is 1.89 bits per heavy atom. The van der Waals surface area contributed by atoms with Crippen LogP contribution in [-0.4, -0.2) is 37.0 Å². The zero-order valence-electron chi connectivity index (χ0n) is 12.4. The first-order valence-electron chi connectivity index (χ1n) is 7.62. The first-order chi connectivity index (χ1) is 8.63. The van der Waals surface area contributed by atoms with Crippen LogP contribution in [0.2, 0.25) is 0 Å². The second-order valence-corrected chi connectivity index (χ2v) is 6.43. The predicted molar refractivity (Wildman–Crippen MR) is 77.8 cm³/mol. The Kier molecular flexibility index (Phi) is 4.52. The van der Waals surface area contributed by atoms with Crippen LogP contribution >= 0.6 is 0 Å². The molecular weight excluding hydrogens is 222 g/mol. The monoisotopic (exact) mass is 251 g/mol. The Morgan fingerprint density at radius 1 is 1.22 bits per heavy atom. The van der Waals surface area contributed by atoms with Gasteiger partial charge < -0.3 is 10.2 Å². The van der Waals surface area contributed by atoms with Gasteiger partial charge in [0.1, 0.15) is 0 Å². The molecular formula is C15H29N3. The summed E-state index contributed by atoms with van der Waals surface area (Å²) >= 11 is 0. The molecule has 1 heterocycles. The van der Waals surface area contributed by atoms with E-state index in [-0.39, 0.29) is 0 Å². The molecule has 0 aromatic rings. The van der Waals surface area contributed by atoms with Crippen LogP contribution in [0.3, 0.4) is 0 Å². The molecule has 0 aromatic heterocycles. The van der Waals surface area contributed by atoms with Crippen molar-refractivity contribution in [2.75, 3.05) is 20.1 Å². The van der Waals surface area contributed by atoms with Gasteiger partial charge in [-0.25, -0.2) is 0 Å². The first kappa shape index (κ1) is 13.7. The molecule has 3 nitrogen and oxygen atoms in total. The van der Waals surface area contributed by atoms with E-state index in [2.05, 4.69) is 36.0 Å². The van der Waals surface area contributed by atoms with Crippen molar-refractivity contribution in [3.8, 4) is 0 Å². The van der Waals surface area contributed by atoms with Crippen LogP contribution in [0.5, 0.6) is 0 Å². The molecule has 0 spiro atoms. The number of guanidine groups is 1. The SMILES string of the molecule is CCCC1CC1NC(=NC)N1CC(C)CC(C)C1. The van der Waals surface area contributed by atoms with Crippen LogP contribution < -0.4 is 5.32 Å². The number of nitrogens with zero attached hydrogens (tertiary/aromatic N) is 2. The molecule has 4 unspecified atom stereocenters. The first-order valence-corrected chi connectivity index (χ1v) is 7.62. The second-order valence-electron chi connectivity index (χ2n) is 6.43. The van der Waals surface area contributed by atoms with E-state index < -0.39 is 0 Å². The van der Waals surface area contributed by atoms with Gasteiger partial charge in [-0.3, -0.25) is 4.99 Å². The molecule has 0 amide bonds. The highest BCUT2D eigenvalue weighted by molar-refractivity contribution is 5.80. The largest absolute Gasteiger partial charge is 0.353 e. The summed E-state index contributed by atoms with van der Waals surface area (Å²) in [5, 5.41) is 3.66. The summed E-state index contributed by atoms with van der Waals surface area (Å²) in [4.78, 5) is 6.95. The normalized spacial score (nSPS) is 36.7. The van der Waals surface area contributed by atoms with Gasteiger partial charge in [0.25, 0.3) is 0 Å². The van der Waals surface area contributed by atoms with E-state index in [1.807, 2.05) is 7.05 Å². The van der Waals surface area contributed by atoms with Crippen molar-refractivity contribution in [2.45, 2.75) is 52.5 Å². The summed E-state index contributed by atoms with van der Waals surface area (Å²) in [6.07, 6.45) is 5.36. The lowest BCUT2D eigenvalue weighted by Crippen LogP contribution is -2.49. The van der Waals surface area contributed by atoms with Gasteiger partial charge in [-0.2, -0.15) is 0 Å². The molecule has 18 heavy (non-hydrogen) atoms. The average Bonchev–Trinajstić information content (AvgIpc) is 3.03. The van der Waals surface area contributed by atoms with E-state index in [9.17, 15) is 0 Å². The molecule has 2 fully saturated rings. The number of aliphatic imine (C=N–C) groups is 1. The second kappa shape index (κ2) is 5.94. The third-order valence-corrected chi connectivity index (χ3v) is 4.28. The molecule has 1 N–H and O–H groups in total. The molecule has 2 rings (SSSR count). The molecule has 4 atom stereocenters. The van der Waals surface area contributed by atoms with Crippen molar-refractivity contribution in [3.63, 3.8) is 0 Å². The smallest absolute Gasteiger partial charge is 0.193 e. The van der Waals surface area contributed by atoms with Crippen molar-refractivity contribution in [1.82, 2.24) is 10.2 Å².